The van der Waals surface area contributed by atoms with Crippen molar-refractivity contribution in [3.05, 3.63) is 34.4 Å². The van der Waals surface area contributed by atoms with Gasteiger partial charge in [-0.2, -0.15) is 0 Å². The molecule has 1 N–H and O–H groups in total. The van der Waals surface area contributed by atoms with Crippen LogP contribution in [0.3, 0.4) is 0 Å². The van der Waals surface area contributed by atoms with Crippen LogP contribution in [-0.4, -0.2) is 19.3 Å². The fraction of sp³-hybridized carbons (Fsp3) is 0.529. The van der Waals surface area contributed by atoms with Crippen LogP contribution in [0, 0.1) is 0 Å². The summed E-state index contributed by atoms with van der Waals surface area (Å²) in [5.41, 5.74) is 2.33. The van der Waals surface area contributed by atoms with Crippen LogP contribution < -0.4 is 14.8 Å². The number of nitrogens with one attached hydrogen (secondary N) is 1. The van der Waals surface area contributed by atoms with Crippen LogP contribution in [0.15, 0.2) is 23.8 Å². The third kappa shape index (κ3) is 6.40. The monoisotopic (exact) mass is 311 g/mol. The highest BCUT2D eigenvalue weighted by molar-refractivity contribution is 6.32. The van der Waals surface area contributed by atoms with Crippen LogP contribution in [0.2, 0.25) is 5.02 Å². The molecule has 1 aromatic carbocycles. The average Bonchev–Trinajstić information content (AvgIpc) is 2.37. The Balaban J connectivity index is 2.89. The lowest BCUT2D eigenvalue weighted by atomic mass is 10.1. The van der Waals surface area contributed by atoms with Crippen molar-refractivity contribution in [2.45, 2.75) is 46.7 Å². The van der Waals surface area contributed by atoms with E-state index in [9.17, 15) is 0 Å². The van der Waals surface area contributed by atoms with Gasteiger partial charge in [0.05, 0.1) is 12.1 Å². The first kappa shape index (κ1) is 17.9. The Labute approximate surface area is 133 Å². The highest BCUT2D eigenvalue weighted by Gasteiger charge is 2.14. The molecular formula is C17H26ClNO2. The van der Waals surface area contributed by atoms with E-state index in [1.165, 1.54) is 5.57 Å². The largest absolute Gasteiger partial charge is 0.493 e. The predicted octanol–water partition coefficient (Wildman–Crippen LogP) is 4.58. The van der Waals surface area contributed by atoms with E-state index in [1.807, 2.05) is 32.1 Å². The summed E-state index contributed by atoms with van der Waals surface area (Å²) in [5, 5.41) is 4.00. The molecule has 0 spiro atoms. The normalized spacial score (nSPS) is 11.2. The topological polar surface area (TPSA) is 30.5 Å². The molecule has 0 aliphatic heterocycles. The number of halogens is 1. The number of benzene rings is 1. The maximum atomic E-state index is 6.33. The number of rotatable bonds is 6. The fourth-order valence-electron chi connectivity index (χ4n) is 1.67. The van der Waals surface area contributed by atoms with Gasteiger partial charge in [-0.25, -0.2) is 0 Å². The summed E-state index contributed by atoms with van der Waals surface area (Å²) in [6, 6.07) is 3.88. The third-order valence-electron chi connectivity index (χ3n) is 2.83. The Morgan fingerprint density at radius 1 is 1.29 bits per heavy atom. The lowest BCUT2D eigenvalue weighted by Crippen LogP contribution is -2.35. The van der Waals surface area contributed by atoms with E-state index < -0.39 is 0 Å². The van der Waals surface area contributed by atoms with Gasteiger partial charge in [-0.05, 0) is 58.4 Å². The highest BCUT2D eigenvalue weighted by Crippen LogP contribution is 2.36. The van der Waals surface area contributed by atoms with E-state index >= 15 is 0 Å². The van der Waals surface area contributed by atoms with Crippen molar-refractivity contribution in [3.63, 3.8) is 0 Å². The molecule has 1 rings (SSSR count). The Hall–Kier alpha value is -1.19. The Morgan fingerprint density at radius 3 is 2.48 bits per heavy atom. The first-order valence-corrected chi connectivity index (χ1v) is 7.48. The highest BCUT2D eigenvalue weighted by atomic mass is 35.5. The summed E-state index contributed by atoms with van der Waals surface area (Å²) >= 11 is 6.33. The van der Waals surface area contributed by atoms with Gasteiger partial charge in [-0.15, -0.1) is 0 Å². The number of ether oxygens (including phenoxy) is 2. The van der Waals surface area contributed by atoms with Crippen molar-refractivity contribution < 1.29 is 9.47 Å². The van der Waals surface area contributed by atoms with Gasteiger partial charge in [0.1, 0.15) is 6.61 Å². The first-order chi connectivity index (χ1) is 9.73. The second-order valence-electron chi connectivity index (χ2n) is 6.31. The van der Waals surface area contributed by atoms with E-state index in [2.05, 4.69) is 26.1 Å². The van der Waals surface area contributed by atoms with E-state index in [1.54, 1.807) is 7.11 Å². The van der Waals surface area contributed by atoms with Crippen molar-refractivity contribution in [3.8, 4) is 11.5 Å². The van der Waals surface area contributed by atoms with Crippen LogP contribution >= 0.6 is 11.6 Å². The summed E-state index contributed by atoms with van der Waals surface area (Å²) in [6.45, 7) is 11.7. The van der Waals surface area contributed by atoms with E-state index in [4.69, 9.17) is 21.1 Å². The summed E-state index contributed by atoms with van der Waals surface area (Å²) in [7, 11) is 1.63. The quantitative estimate of drug-likeness (QED) is 0.780. The van der Waals surface area contributed by atoms with E-state index in [0.29, 0.717) is 23.1 Å². The number of hydrogen-bond donors (Lipinski definition) is 1. The van der Waals surface area contributed by atoms with Crippen LogP contribution in [-0.2, 0) is 6.54 Å². The van der Waals surface area contributed by atoms with Gasteiger partial charge in [-0.1, -0.05) is 17.2 Å². The van der Waals surface area contributed by atoms with Gasteiger partial charge >= 0.3 is 0 Å². The Bertz CT molecular complexity index is 500. The maximum Gasteiger partial charge on any atom is 0.180 e. The standard InChI is InChI=1S/C17H26ClNO2/c1-12(2)7-8-21-16-14(18)9-13(10-15(16)20-6)11-19-17(3,4)5/h7,9-10,19H,8,11H2,1-6H3. The Kier molecular flexibility index (Phi) is 6.56. The number of allylic oxidation sites excluding steroid dienone is 1. The van der Waals surface area contributed by atoms with Gasteiger partial charge < -0.3 is 14.8 Å². The number of methoxy groups -OCH3 is 1. The number of hydrogen-bond acceptors (Lipinski definition) is 3. The summed E-state index contributed by atoms with van der Waals surface area (Å²) in [4.78, 5) is 0. The molecule has 0 bridgehead atoms. The van der Waals surface area contributed by atoms with Crippen LogP contribution in [0.4, 0.5) is 0 Å². The van der Waals surface area contributed by atoms with Crippen molar-refractivity contribution in [2.24, 2.45) is 0 Å². The van der Waals surface area contributed by atoms with Gasteiger partial charge in [-0.3, -0.25) is 0 Å². The molecule has 0 radical (unpaired) electrons. The summed E-state index contributed by atoms with van der Waals surface area (Å²) in [6.07, 6.45) is 2.00. The SMILES string of the molecule is COc1cc(CNC(C)(C)C)cc(Cl)c1OCC=C(C)C. The molecule has 21 heavy (non-hydrogen) atoms. The van der Waals surface area contributed by atoms with Crippen LogP contribution in [0.25, 0.3) is 0 Å². The predicted molar refractivity (Wildman–Crippen MR) is 89.5 cm³/mol. The van der Waals surface area contributed by atoms with Crippen LogP contribution in [0.1, 0.15) is 40.2 Å². The molecule has 0 unspecified atom stereocenters. The lowest BCUT2D eigenvalue weighted by molar-refractivity contribution is 0.325. The smallest absolute Gasteiger partial charge is 0.180 e. The Morgan fingerprint density at radius 2 is 1.95 bits per heavy atom. The molecular weight excluding hydrogens is 286 g/mol. The molecule has 0 aliphatic carbocycles. The second-order valence-corrected chi connectivity index (χ2v) is 6.71. The lowest BCUT2D eigenvalue weighted by Gasteiger charge is -2.21. The average molecular weight is 312 g/mol. The molecule has 1 aromatic rings. The molecule has 0 saturated heterocycles. The van der Waals surface area contributed by atoms with Crippen molar-refractivity contribution in [1.82, 2.24) is 5.32 Å². The zero-order chi connectivity index (χ0) is 16.0. The molecule has 4 heteroatoms. The van der Waals surface area contributed by atoms with Crippen molar-refractivity contribution in [2.75, 3.05) is 13.7 Å². The minimum atomic E-state index is 0.0539. The molecule has 0 heterocycles. The minimum Gasteiger partial charge on any atom is -0.493 e. The molecule has 0 amide bonds. The second kappa shape index (κ2) is 7.71. The fourth-order valence-corrected chi connectivity index (χ4v) is 1.96. The van der Waals surface area contributed by atoms with Gasteiger partial charge in [0.15, 0.2) is 11.5 Å². The van der Waals surface area contributed by atoms with Crippen molar-refractivity contribution >= 4 is 11.6 Å². The van der Waals surface area contributed by atoms with E-state index in [0.717, 1.165) is 12.1 Å². The van der Waals surface area contributed by atoms with Crippen molar-refractivity contribution in [1.29, 1.82) is 0 Å². The summed E-state index contributed by atoms with van der Waals surface area (Å²) < 4.78 is 11.1. The van der Waals surface area contributed by atoms with Gasteiger partial charge in [0.25, 0.3) is 0 Å². The first-order valence-electron chi connectivity index (χ1n) is 7.10. The van der Waals surface area contributed by atoms with Crippen LogP contribution in [0.5, 0.6) is 11.5 Å². The molecule has 118 valence electrons. The zero-order valence-electron chi connectivity index (χ0n) is 13.8. The van der Waals surface area contributed by atoms with Gasteiger partial charge in [0.2, 0.25) is 0 Å². The van der Waals surface area contributed by atoms with E-state index in [-0.39, 0.29) is 5.54 Å². The minimum absolute atomic E-state index is 0.0539. The third-order valence-corrected chi connectivity index (χ3v) is 3.11. The molecule has 0 aromatic heterocycles. The molecule has 0 saturated carbocycles. The molecule has 0 fully saturated rings. The molecule has 0 aliphatic rings. The maximum absolute atomic E-state index is 6.33. The molecule has 0 atom stereocenters. The summed E-state index contributed by atoms with van der Waals surface area (Å²) in [5.74, 6) is 1.26. The zero-order valence-corrected chi connectivity index (χ0v) is 14.6. The molecule has 3 nitrogen and oxygen atoms in total. The van der Waals surface area contributed by atoms with Gasteiger partial charge in [0, 0.05) is 12.1 Å².